The predicted octanol–water partition coefficient (Wildman–Crippen LogP) is 9.51. The summed E-state index contributed by atoms with van der Waals surface area (Å²) in [5.74, 6) is -0.597. The lowest BCUT2D eigenvalue weighted by Gasteiger charge is -2.51. The van der Waals surface area contributed by atoms with Crippen LogP contribution in [0.4, 0.5) is 40.8 Å². The molecule has 1 spiro atoms. The molecule has 3 aromatic rings. The van der Waals surface area contributed by atoms with E-state index < -0.39 is 40.9 Å². The lowest BCUT2D eigenvalue weighted by molar-refractivity contribution is -0.0717. The van der Waals surface area contributed by atoms with E-state index in [1.165, 1.54) is 6.20 Å². The summed E-state index contributed by atoms with van der Waals surface area (Å²) in [4.78, 5) is 64.3. The van der Waals surface area contributed by atoms with E-state index in [9.17, 15) is 19.2 Å². The molecule has 57 heavy (non-hydrogen) atoms. The summed E-state index contributed by atoms with van der Waals surface area (Å²) in [6.45, 7) is 19.4. The summed E-state index contributed by atoms with van der Waals surface area (Å²) in [6.07, 6.45) is 4.57. The fourth-order valence-corrected chi connectivity index (χ4v) is 7.71. The van der Waals surface area contributed by atoms with Gasteiger partial charge >= 0.3 is 24.4 Å². The Hall–Kier alpha value is -5.21. The lowest BCUT2D eigenvalue weighted by Crippen LogP contribution is -2.52. The zero-order valence-electron chi connectivity index (χ0n) is 34.7. The number of piperidine rings is 1. The number of carbonyl (C=O) groups is 4. The summed E-state index contributed by atoms with van der Waals surface area (Å²) >= 11 is 0. The van der Waals surface area contributed by atoms with E-state index in [0.29, 0.717) is 73.2 Å². The quantitative estimate of drug-likeness (QED) is 0.244. The van der Waals surface area contributed by atoms with E-state index in [0.717, 1.165) is 12.8 Å². The van der Waals surface area contributed by atoms with E-state index in [1.807, 2.05) is 20.8 Å². The van der Waals surface area contributed by atoms with Crippen molar-refractivity contribution in [3.63, 3.8) is 0 Å². The number of pyridine rings is 2. The van der Waals surface area contributed by atoms with Gasteiger partial charge in [0.05, 0.1) is 17.1 Å². The maximum atomic E-state index is 16.8. The summed E-state index contributed by atoms with van der Waals surface area (Å²) in [6, 6.07) is 3.17. The van der Waals surface area contributed by atoms with Crippen molar-refractivity contribution in [1.29, 1.82) is 0 Å². The summed E-state index contributed by atoms with van der Waals surface area (Å²) in [5, 5.41) is 6.00. The number of amides is 4. The van der Waals surface area contributed by atoms with Gasteiger partial charge in [-0.1, -0.05) is 0 Å². The SMILES string of the molecule is Cc1c(-c2cc3cc(NC(=O)OC4CC5(CCN(C(=O)OC(C)(C)C)CC5)C4)ncc3c(NC(=O)OC(C)(C)C)c2F)cnc2c1N(C(=O)OC(C)(C)C)CCC2. The van der Waals surface area contributed by atoms with Crippen LogP contribution < -0.4 is 15.5 Å². The number of nitrogens with zero attached hydrogens (tertiary/aromatic N) is 4. The molecular formula is C42H55FN6O8. The first-order chi connectivity index (χ1) is 26.5. The van der Waals surface area contributed by atoms with E-state index in [4.69, 9.17) is 18.9 Å². The maximum Gasteiger partial charge on any atom is 0.414 e. The summed E-state index contributed by atoms with van der Waals surface area (Å²) < 4.78 is 39.3. The lowest BCUT2D eigenvalue weighted by atomic mass is 9.61. The molecule has 0 bridgehead atoms. The van der Waals surface area contributed by atoms with E-state index in [1.54, 1.807) is 76.6 Å². The molecule has 1 aliphatic carbocycles. The standard InChI is InChI=1S/C42H55FN6O8/c1-24-28(22-44-30-12-11-15-49(34(24)30)38(53)57-41(8,9)10)27-18-25-19-31(45-23-29(25)33(32(27)43)47-36(51)55-39(2,3)4)46-35(50)54-26-20-42(21-26)13-16-48(17-14-42)37(52)56-40(5,6)7/h18-19,22-23,26H,11-17,20-21H2,1-10H3,(H,47,51)(H,45,46,50). The molecule has 0 unspecified atom stereocenters. The first kappa shape index (κ1) is 41.4. The van der Waals surface area contributed by atoms with Gasteiger partial charge in [0.25, 0.3) is 0 Å². The van der Waals surface area contributed by atoms with Gasteiger partial charge in [-0.05, 0) is 136 Å². The average molecular weight is 791 g/mol. The predicted molar refractivity (Wildman–Crippen MR) is 214 cm³/mol. The van der Waals surface area contributed by atoms with Crippen molar-refractivity contribution in [2.75, 3.05) is 35.2 Å². The smallest absolute Gasteiger partial charge is 0.414 e. The Morgan fingerprint density at radius 3 is 2.05 bits per heavy atom. The van der Waals surface area contributed by atoms with Crippen LogP contribution in [0.3, 0.4) is 0 Å². The molecule has 3 aliphatic rings. The first-order valence-corrected chi connectivity index (χ1v) is 19.6. The second-order valence-electron chi connectivity index (χ2n) is 18.4. The number of fused-ring (bicyclic) bond motifs is 2. The van der Waals surface area contributed by atoms with Crippen LogP contribution >= 0.6 is 0 Å². The molecule has 0 radical (unpaired) electrons. The van der Waals surface area contributed by atoms with Gasteiger partial charge in [-0.2, -0.15) is 0 Å². The maximum absolute atomic E-state index is 16.8. The minimum absolute atomic E-state index is 0.0102. The monoisotopic (exact) mass is 790 g/mol. The van der Waals surface area contributed by atoms with Gasteiger partial charge in [0.15, 0.2) is 5.82 Å². The Labute approximate surface area is 333 Å². The van der Waals surface area contributed by atoms with Crippen molar-refractivity contribution >= 4 is 52.3 Å². The number of benzene rings is 1. The number of aromatic nitrogens is 2. The highest BCUT2D eigenvalue weighted by molar-refractivity contribution is 6.04. The normalized spacial score (nSPS) is 17.0. The Morgan fingerprint density at radius 2 is 1.42 bits per heavy atom. The Bertz CT molecular complexity index is 2070. The van der Waals surface area contributed by atoms with Crippen LogP contribution in [0.5, 0.6) is 0 Å². The van der Waals surface area contributed by atoms with E-state index >= 15 is 4.39 Å². The third-order valence-corrected chi connectivity index (χ3v) is 10.2. The highest BCUT2D eigenvalue weighted by atomic mass is 19.1. The first-order valence-electron chi connectivity index (χ1n) is 19.6. The second-order valence-corrected chi connectivity index (χ2v) is 18.4. The molecule has 6 rings (SSSR count). The molecule has 15 heteroatoms. The summed E-state index contributed by atoms with van der Waals surface area (Å²) in [5.41, 5.74) is 0.0632. The van der Waals surface area contributed by atoms with E-state index in [-0.39, 0.29) is 40.1 Å². The number of halogens is 1. The van der Waals surface area contributed by atoms with Crippen LogP contribution in [0, 0.1) is 18.2 Å². The molecule has 4 amide bonds. The number of nitrogens with one attached hydrogen (secondary N) is 2. The van der Waals surface area contributed by atoms with Gasteiger partial charge in [0, 0.05) is 48.5 Å². The van der Waals surface area contributed by atoms with Crippen LogP contribution in [0.15, 0.2) is 24.5 Å². The fourth-order valence-electron chi connectivity index (χ4n) is 7.71. The van der Waals surface area contributed by atoms with Crippen LogP contribution in [0.2, 0.25) is 0 Å². The highest BCUT2D eigenvalue weighted by Crippen LogP contribution is 2.50. The molecule has 1 aromatic carbocycles. The van der Waals surface area contributed by atoms with Crippen molar-refractivity contribution in [2.45, 2.75) is 131 Å². The van der Waals surface area contributed by atoms with E-state index in [2.05, 4.69) is 20.6 Å². The molecule has 1 saturated carbocycles. The van der Waals surface area contributed by atoms with Crippen LogP contribution in [0.25, 0.3) is 21.9 Å². The van der Waals surface area contributed by atoms with Gasteiger partial charge in [0.2, 0.25) is 0 Å². The number of hydrogen-bond acceptors (Lipinski definition) is 10. The van der Waals surface area contributed by atoms with Gasteiger partial charge in [0.1, 0.15) is 28.7 Å². The van der Waals surface area contributed by atoms with Gasteiger partial charge in [-0.25, -0.2) is 28.6 Å². The van der Waals surface area contributed by atoms with Crippen molar-refractivity contribution < 1.29 is 42.5 Å². The zero-order chi connectivity index (χ0) is 41.7. The van der Waals surface area contributed by atoms with Crippen molar-refractivity contribution in [1.82, 2.24) is 14.9 Å². The largest absolute Gasteiger partial charge is 0.446 e. The molecule has 2 fully saturated rings. The number of rotatable bonds is 4. The number of anilines is 3. The Balaban J connectivity index is 1.24. The number of ether oxygens (including phenoxy) is 4. The van der Waals surface area contributed by atoms with Crippen LogP contribution in [-0.2, 0) is 25.4 Å². The second kappa shape index (κ2) is 15.3. The van der Waals surface area contributed by atoms with Crippen molar-refractivity contribution in [3.05, 3.63) is 41.6 Å². The zero-order valence-corrected chi connectivity index (χ0v) is 34.7. The van der Waals surface area contributed by atoms with Gasteiger partial charge < -0.3 is 23.8 Å². The van der Waals surface area contributed by atoms with Gasteiger partial charge in [-0.15, -0.1) is 0 Å². The molecule has 0 atom stereocenters. The molecule has 14 nitrogen and oxygen atoms in total. The third kappa shape index (κ3) is 9.67. The Morgan fingerprint density at radius 1 is 0.789 bits per heavy atom. The van der Waals surface area contributed by atoms with Crippen molar-refractivity contribution in [2.24, 2.45) is 5.41 Å². The summed E-state index contributed by atoms with van der Waals surface area (Å²) in [7, 11) is 0. The minimum Gasteiger partial charge on any atom is -0.446 e. The minimum atomic E-state index is -0.865. The van der Waals surface area contributed by atoms with Crippen molar-refractivity contribution in [3.8, 4) is 11.1 Å². The van der Waals surface area contributed by atoms with Gasteiger partial charge in [-0.3, -0.25) is 20.5 Å². The molecule has 2 aliphatic heterocycles. The number of carbonyl (C=O) groups excluding carboxylic acids is 4. The fraction of sp³-hybridized carbons (Fsp3) is 0.571. The molecule has 308 valence electrons. The molecule has 2 aromatic heterocycles. The molecule has 4 heterocycles. The molecule has 2 N–H and O–H groups in total. The number of aryl methyl sites for hydroxylation is 1. The van der Waals surface area contributed by atoms with Crippen LogP contribution in [-0.4, -0.2) is 81.8 Å². The number of hydrogen-bond donors (Lipinski definition) is 2. The van der Waals surface area contributed by atoms with Crippen LogP contribution in [0.1, 0.15) is 106 Å². The molecular weight excluding hydrogens is 735 g/mol. The molecule has 1 saturated heterocycles. The number of likely N-dealkylation sites (tertiary alicyclic amines) is 1. The highest BCUT2D eigenvalue weighted by Gasteiger charge is 2.48. The average Bonchev–Trinajstić information content (AvgIpc) is 3.07. The topological polar surface area (TPSA) is 162 Å². The Kier molecular flexibility index (Phi) is 11.1. The third-order valence-electron chi connectivity index (χ3n) is 10.2.